The summed E-state index contributed by atoms with van der Waals surface area (Å²) in [6.45, 7) is 11.6. The molecule has 3 heteroatoms. The van der Waals surface area contributed by atoms with E-state index in [9.17, 15) is 0 Å². The second-order valence-corrected chi connectivity index (χ2v) is 9.92. The summed E-state index contributed by atoms with van der Waals surface area (Å²) >= 11 is 0. The fourth-order valence-corrected chi connectivity index (χ4v) is 5.17. The largest absolute Gasteiger partial charge is 0.347 e. The van der Waals surface area contributed by atoms with Crippen molar-refractivity contribution < 1.29 is 9.47 Å². The van der Waals surface area contributed by atoms with E-state index in [2.05, 4.69) is 39.6 Å². The fourth-order valence-electron chi connectivity index (χ4n) is 5.17. The highest BCUT2D eigenvalue weighted by Crippen LogP contribution is 2.48. The molecule has 0 N–H and O–H groups in total. The first-order valence-electron chi connectivity index (χ1n) is 10.8. The lowest BCUT2D eigenvalue weighted by atomic mass is 9.64. The Morgan fingerprint density at radius 2 is 1.72 bits per heavy atom. The van der Waals surface area contributed by atoms with E-state index in [1.807, 2.05) is 0 Å². The Labute approximate surface area is 155 Å². The molecule has 1 spiro atoms. The first-order chi connectivity index (χ1) is 11.8. The van der Waals surface area contributed by atoms with Crippen LogP contribution in [0.4, 0.5) is 0 Å². The van der Waals surface area contributed by atoms with E-state index in [4.69, 9.17) is 9.47 Å². The molecule has 1 unspecified atom stereocenters. The molecule has 2 saturated carbocycles. The summed E-state index contributed by atoms with van der Waals surface area (Å²) in [5.74, 6) is 1.29. The van der Waals surface area contributed by atoms with Gasteiger partial charge in [0.15, 0.2) is 5.79 Å². The zero-order chi connectivity index (χ0) is 18.1. The summed E-state index contributed by atoms with van der Waals surface area (Å²) in [5.41, 5.74) is 0.420. The summed E-state index contributed by atoms with van der Waals surface area (Å²) in [5, 5.41) is 0. The molecule has 1 atom stereocenters. The maximum atomic E-state index is 6.48. The average molecular weight is 352 g/mol. The van der Waals surface area contributed by atoms with Crippen LogP contribution in [-0.2, 0) is 9.47 Å². The van der Waals surface area contributed by atoms with Crippen LogP contribution in [0.5, 0.6) is 0 Å². The molecule has 0 aromatic carbocycles. The zero-order valence-electron chi connectivity index (χ0n) is 17.4. The summed E-state index contributed by atoms with van der Waals surface area (Å²) in [7, 11) is 2.29. The van der Waals surface area contributed by atoms with Gasteiger partial charge in [0.05, 0.1) is 12.7 Å². The molecule has 3 fully saturated rings. The lowest BCUT2D eigenvalue weighted by Crippen LogP contribution is -2.41. The Balaban J connectivity index is 1.43. The van der Waals surface area contributed by atoms with Gasteiger partial charge < -0.3 is 14.4 Å². The van der Waals surface area contributed by atoms with E-state index in [1.54, 1.807) is 0 Å². The lowest BCUT2D eigenvalue weighted by Gasteiger charge is -2.44. The van der Waals surface area contributed by atoms with Crippen molar-refractivity contribution >= 4 is 0 Å². The Hall–Kier alpha value is -0.120. The molecule has 3 rings (SSSR count). The predicted molar refractivity (Wildman–Crippen MR) is 104 cm³/mol. The summed E-state index contributed by atoms with van der Waals surface area (Å²) < 4.78 is 12.7. The maximum Gasteiger partial charge on any atom is 0.168 e. The third-order valence-corrected chi connectivity index (χ3v) is 7.95. The van der Waals surface area contributed by atoms with E-state index in [-0.39, 0.29) is 5.79 Å². The first kappa shape index (κ1) is 19.6. The molecule has 25 heavy (non-hydrogen) atoms. The number of hydrogen-bond acceptors (Lipinski definition) is 3. The van der Waals surface area contributed by atoms with E-state index < -0.39 is 0 Å². The topological polar surface area (TPSA) is 21.7 Å². The molecule has 0 radical (unpaired) electrons. The van der Waals surface area contributed by atoms with Gasteiger partial charge in [0, 0.05) is 25.4 Å². The van der Waals surface area contributed by atoms with Crippen LogP contribution in [0.2, 0.25) is 0 Å². The molecular weight excluding hydrogens is 310 g/mol. The summed E-state index contributed by atoms with van der Waals surface area (Å²) in [4.78, 5) is 2.56. The van der Waals surface area contributed by atoms with Crippen molar-refractivity contribution in [3.63, 3.8) is 0 Å². The van der Waals surface area contributed by atoms with Crippen molar-refractivity contribution in [3.05, 3.63) is 0 Å². The molecule has 0 aromatic rings. The third-order valence-electron chi connectivity index (χ3n) is 7.95. The van der Waals surface area contributed by atoms with Crippen molar-refractivity contribution in [2.45, 2.75) is 103 Å². The van der Waals surface area contributed by atoms with Crippen LogP contribution in [0.15, 0.2) is 0 Å². The second kappa shape index (κ2) is 7.86. The van der Waals surface area contributed by atoms with Gasteiger partial charge >= 0.3 is 0 Å². The van der Waals surface area contributed by atoms with Crippen LogP contribution < -0.4 is 0 Å². The van der Waals surface area contributed by atoms with Gasteiger partial charge in [0.25, 0.3) is 0 Å². The number of ether oxygens (including phenoxy) is 2. The predicted octanol–water partition coefficient (Wildman–Crippen LogP) is 5.24. The van der Waals surface area contributed by atoms with E-state index in [1.165, 1.54) is 38.5 Å². The molecule has 1 saturated heterocycles. The van der Waals surface area contributed by atoms with Gasteiger partial charge in [0.2, 0.25) is 0 Å². The molecule has 0 amide bonds. The lowest BCUT2D eigenvalue weighted by molar-refractivity contribution is -0.198. The quantitative estimate of drug-likeness (QED) is 0.653. The minimum absolute atomic E-state index is 0.250. The van der Waals surface area contributed by atoms with Crippen molar-refractivity contribution in [1.29, 1.82) is 0 Å². The molecule has 1 heterocycles. The Bertz CT molecular complexity index is 420. The second-order valence-electron chi connectivity index (χ2n) is 9.92. The van der Waals surface area contributed by atoms with Crippen molar-refractivity contribution in [2.75, 3.05) is 20.2 Å². The van der Waals surface area contributed by atoms with Crippen molar-refractivity contribution in [1.82, 2.24) is 4.90 Å². The van der Waals surface area contributed by atoms with Crippen molar-refractivity contribution in [3.8, 4) is 0 Å². The Morgan fingerprint density at radius 3 is 2.32 bits per heavy atom. The van der Waals surface area contributed by atoms with Gasteiger partial charge in [-0.05, 0) is 56.4 Å². The van der Waals surface area contributed by atoms with Crippen LogP contribution >= 0.6 is 0 Å². The average Bonchev–Trinajstić information content (AvgIpc) is 3.24. The molecule has 1 aliphatic heterocycles. The number of nitrogens with zero attached hydrogens (tertiary/aromatic N) is 1. The van der Waals surface area contributed by atoms with Gasteiger partial charge in [-0.15, -0.1) is 0 Å². The monoisotopic (exact) mass is 351 g/mol. The minimum atomic E-state index is -0.250. The number of hydrogen-bond donors (Lipinski definition) is 0. The molecule has 2 aliphatic carbocycles. The standard InChI is InChI=1S/C22H41NO2/c1-17(2)21(3,4)18-10-13-22(14-11-18)24-16-20(25-22)12-15-23(5)19-8-6-7-9-19/h17-20H,6-16H2,1-5H3. The van der Waals surface area contributed by atoms with Gasteiger partial charge in [0.1, 0.15) is 0 Å². The molecule has 3 nitrogen and oxygen atoms in total. The molecule has 146 valence electrons. The molecular formula is C22H41NO2. The van der Waals surface area contributed by atoms with Crippen molar-refractivity contribution in [2.24, 2.45) is 17.3 Å². The van der Waals surface area contributed by atoms with Gasteiger partial charge in [-0.1, -0.05) is 40.5 Å². The van der Waals surface area contributed by atoms with Crippen LogP contribution in [-0.4, -0.2) is 43.0 Å². The van der Waals surface area contributed by atoms with Crippen LogP contribution in [0.1, 0.15) is 85.5 Å². The van der Waals surface area contributed by atoms with Gasteiger partial charge in [-0.3, -0.25) is 0 Å². The van der Waals surface area contributed by atoms with E-state index in [0.29, 0.717) is 11.5 Å². The molecule has 3 aliphatic rings. The SMILES string of the molecule is CC(C)C(C)(C)C1CCC2(CC1)OCC(CCN(C)C1CCCC1)O2. The minimum Gasteiger partial charge on any atom is -0.347 e. The zero-order valence-corrected chi connectivity index (χ0v) is 17.4. The van der Waals surface area contributed by atoms with Crippen LogP contribution in [0.3, 0.4) is 0 Å². The Morgan fingerprint density at radius 1 is 1.08 bits per heavy atom. The van der Waals surface area contributed by atoms with Gasteiger partial charge in [-0.2, -0.15) is 0 Å². The normalized spacial score (nSPS) is 34.7. The molecule has 0 bridgehead atoms. The highest BCUT2D eigenvalue weighted by atomic mass is 16.7. The Kier molecular flexibility index (Phi) is 6.17. The fraction of sp³-hybridized carbons (Fsp3) is 1.00. The summed E-state index contributed by atoms with van der Waals surface area (Å²) in [6, 6.07) is 0.810. The van der Waals surface area contributed by atoms with E-state index in [0.717, 1.165) is 50.3 Å². The van der Waals surface area contributed by atoms with Crippen LogP contribution in [0.25, 0.3) is 0 Å². The van der Waals surface area contributed by atoms with E-state index >= 15 is 0 Å². The van der Waals surface area contributed by atoms with Gasteiger partial charge in [-0.25, -0.2) is 0 Å². The highest BCUT2D eigenvalue weighted by molar-refractivity contribution is 4.91. The number of rotatable bonds is 6. The molecule has 0 aromatic heterocycles. The summed E-state index contributed by atoms with van der Waals surface area (Å²) in [6.07, 6.45) is 11.7. The first-order valence-corrected chi connectivity index (χ1v) is 10.8. The highest BCUT2D eigenvalue weighted by Gasteiger charge is 2.47. The third kappa shape index (κ3) is 4.42. The maximum absolute atomic E-state index is 6.48. The van der Waals surface area contributed by atoms with Crippen LogP contribution in [0, 0.1) is 17.3 Å². The smallest absolute Gasteiger partial charge is 0.168 e.